The second kappa shape index (κ2) is 3.11. The maximum atomic E-state index is 5.74. The SMILES string of the molecule is Cc1cccnc1CC1(CN)CC1. The van der Waals surface area contributed by atoms with Gasteiger partial charge in [0.05, 0.1) is 0 Å². The van der Waals surface area contributed by atoms with Crippen LogP contribution in [0.5, 0.6) is 0 Å². The molecule has 2 rings (SSSR count). The Labute approximate surface area is 79.2 Å². The van der Waals surface area contributed by atoms with Gasteiger partial charge in [0.15, 0.2) is 0 Å². The molecule has 2 heteroatoms. The third-order valence-electron chi connectivity index (χ3n) is 3.05. The van der Waals surface area contributed by atoms with E-state index in [-0.39, 0.29) is 0 Å². The van der Waals surface area contributed by atoms with Crippen LogP contribution in [0.2, 0.25) is 0 Å². The molecule has 0 amide bonds. The third-order valence-corrected chi connectivity index (χ3v) is 3.05. The summed E-state index contributed by atoms with van der Waals surface area (Å²) < 4.78 is 0. The molecule has 0 unspecified atom stereocenters. The zero-order chi connectivity index (χ0) is 9.31. The van der Waals surface area contributed by atoms with Gasteiger partial charge in [0.25, 0.3) is 0 Å². The molecule has 1 heterocycles. The van der Waals surface area contributed by atoms with Crippen molar-refractivity contribution in [1.29, 1.82) is 0 Å². The summed E-state index contributed by atoms with van der Waals surface area (Å²) in [7, 11) is 0. The Hall–Kier alpha value is -0.890. The fraction of sp³-hybridized carbons (Fsp3) is 0.545. The number of nitrogens with two attached hydrogens (primary N) is 1. The van der Waals surface area contributed by atoms with Gasteiger partial charge in [-0.1, -0.05) is 6.07 Å². The molecule has 1 saturated carbocycles. The maximum Gasteiger partial charge on any atom is 0.0438 e. The normalized spacial score (nSPS) is 18.6. The van der Waals surface area contributed by atoms with Crippen molar-refractivity contribution in [2.45, 2.75) is 26.2 Å². The Morgan fingerprint density at radius 1 is 1.54 bits per heavy atom. The highest BCUT2D eigenvalue weighted by molar-refractivity contribution is 5.20. The number of hydrogen-bond donors (Lipinski definition) is 1. The van der Waals surface area contributed by atoms with E-state index in [2.05, 4.69) is 18.0 Å². The average Bonchev–Trinajstić information content (AvgIpc) is 2.90. The van der Waals surface area contributed by atoms with Crippen LogP contribution >= 0.6 is 0 Å². The molecule has 70 valence electrons. The number of aromatic nitrogens is 1. The van der Waals surface area contributed by atoms with Crippen LogP contribution in [-0.2, 0) is 6.42 Å². The van der Waals surface area contributed by atoms with E-state index in [1.54, 1.807) is 0 Å². The molecule has 0 atom stereocenters. The zero-order valence-electron chi connectivity index (χ0n) is 8.09. The summed E-state index contributed by atoms with van der Waals surface area (Å²) >= 11 is 0. The Morgan fingerprint density at radius 2 is 2.31 bits per heavy atom. The molecule has 1 fully saturated rings. The molecule has 1 aromatic rings. The van der Waals surface area contributed by atoms with E-state index in [0.717, 1.165) is 13.0 Å². The monoisotopic (exact) mass is 176 g/mol. The van der Waals surface area contributed by atoms with E-state index < -0.39 is 0 Å². The molecule has 0 spiro atoms. The Morgan fingerprint density at radius 3 is 2.85 bits per heavy atom. The summed E-state index contributed by atoms with van der Waals surface area (Å²) in [6.07, 6.45) is 5.49. The van der Waals surface area contributed by atoms with Crippen molar-refractivity contribution in [3.8, 4) is 0 Å². The summed E-state index contributed by atoms with van der Waals surface area (Å²) in [6.45, 7) is 2.93. The molecule has 0 aromatic carbocycles. The van der Waals surface area contributed by atoms with Gasteiger partial charge >= 0.3 is 0 Å². The first kappa shape index (κ1) is 8.70. The Kier molecular flexibility index (Phi) is 2.08. The molecule has 2 N–H and O–H groups in total. The molecule has 2 nitrogen and oxygen atoms in total. The highest BCUT2D eigenvalue weighted by Gasteiger charge is 2.41. The van der Waals surface area contributed by atoms with Crippen molar-refractivity contribution in [1.82, 2.24) is 4.98 Å². The quantitative estimate of drug-likeness (QED) is 0.761. The predicted molar refractivity (Wildman–Crippen MR) is 53.4 cm³/mol. The molecule has 1 aliphatic carbocycles. The fourth-order valence-corrected chi connectivity index (χ4v) is 1.69. The first-order valence-electron chi connectivity index (χ1n) is 4.86. The molecule has 1 aliphatic rings. The van der Waals surface area contributed by atoms with Gasteiger partial charge in [-0.05, 0) is 49.8 Å². The van der Waals surface area contributed by atoms with Crippen LogP contribution in [0.1, 0.15) is 24.1 Å². The summed E-state index contributed by atoms with van der Waals surface area (Å²) in [5, 5.41) is 0. The van der Waals surface area contributed by atoms with Crippen molar-refractivity contribution in [2.24, 2.45) is 11.1 Å². The summed E-state index contributed by atoms with van der Waals surface area (Å²) in [5.74, 6) is 0. The standard InChI is InChI=1S/C11H16N2/c1-9-3-2-6-13-10(9)7-11(8-12)4-5-11/h2-3,6H,4-5,7-8,12H2,1H3. The van der Waals surface area contributed by atoms with Crippen molar-refractivity contribution < 1.29 is 0 Å². The minimum atomic E-state index is 0.402. The van der Waals surface area contributed by atoms with Gasteiger partial charge in [-0.2, -0.15) is 0 Å². The van der Waals surface area contributed by atoms with Crippen LogP contribution < -0.4 is 5.73 Å². The van der Waals surface area contributed by atoms with E-state index in [0.29, 0.717) is 5.41 Å². The largest absolute Gasteiger partial charge is 0.330 e. The van der Waals surface area contributed by atoms with Gasteiger partial charge in [-0.15, -0.1) is 0 Å². The van der Waals surface area contributed by atoms with Crippen LogP contribution in [0.4, 0.5) is 0 Å². The highest BCUT2D eigenvalue weighted by atomic mass is 14.7. The van der Waals surface area contributed by atoms with E-state index >= 15 is 0 Å². The number of rotatable bonds is 3. The van der Waals surface area contributed by atoms with Gasteiger partial charge < -0.3 is 5.73 Å². The molecule has 13 heavy (non-hydrogen) atoms. The van der Waals surface area contributed by atoms with Gasteiger partial charge in [0.2, 0.25) is 0 Å². The van der Waals surface area contributed by atoms with E-state index in [9.17, 15) is 0 Å². The van der Waals surface area contributed by atoms with Crippen LogP contribution in [0.15, 0.2) is 18.3 Å². The summed E-state index contributed by atoms with van der Waals surface area (Å²) in [5.41, 5.74) is 8.66. The lowest BCUT2D eigenvalue weighted by atomic mass is 9.98. The molecule has 0 radical (unpaired) electrons. The molecule has 1 aromatic heterocycles. The molecular formula is C11H16N2. The molecule has 0 aliphatic heterocycles. The van der Waals surface area contributed by atoms with E-state index in [4.69, 9.17) is 5.73 Å². The van der Waals surface area contributed by atoms with Gasteiger partial charge in [-0.25, -0.2) is 0 Å². The summed E-state index contributed by atoms with van der Waals surface area (Å²) in [6, 6.07) is 4.11. The van der Waals surface area contributed by atoms with Gasteiger partial charge in [0.1, 0.15) is 0 Å². The number of aryl methyl sites for hydroxylation is 1. The van der Waals surface area contributed by atoms with Crippen LogP contribution in [0, 0.1) is 12.3 Å². The van der Waals surface area contributed by atoms with Gasteiger partial charge in [-0.3, -0.25) is 4.98 Å². The fourth-order valence-electron chi connectivity index (χ4n) is 1.69. The molecule has 0 saturated heterocycles. The van der Waals surface area contributed by atoms with E-state index in [1.165, 1.54) is 24.1 Å². The predicted octanol–water partition coefficient (Wildman–Crippen LogP) is 1.67. The lowest BCUT2D eigenvalue weighted by Crippen LogP contribution is -2.18. The summed E-state index contributed by atoms with van der Waals surface area (Å²) in [4.78, 5) is 4.40. The van der Waals surface area contributed by atoms with Crippen LogP contribution in [0.3, 0.4) is 0 Å². The lowest BCUT2D eigenvalue weighted by molar-refractivity contribution is 0.512. The van der Waals surface area contributed by atoms with Crippen molar-refractivity contribution in [2.75, 3.05) is 6.54 Å². The lowest BCUT2D eigenvalue weighted by Gasteiger charge is -2.12. The smallest absolute Gasteiger partial charge is 0.0438 e. The minimum Gasteiger partial charge on any atom is -0.330 e. The minimum absolute atomic E-state index is 0.402. The number of nitrogens with zero attached hydrogens (tertiary/aromatic N) is 1. The topological polar surface area (TPSA) is 38.9 Å². The molecule has 0 bridgehead atoms. The van der Waals surface area contributed by atoms with E-state index in [1.807, 2.05) is 12.3 Å². The average molecular weight is 176 g/mol. The van der Waals surface area contributed by atoms with Crippen molar-refractivity contribution in [3.05, 3.63) is 29.6 Å². The van der Waals surface area contributed by atoms with Crippen LogP contribution in [-0.4, -0.2) is 11.5 Å². The van der Waals surface area contributed by atoms with Gasteiger partial charge in [0, 0.05) is 11.9 Å². The maximum absolute atomic E-state index is 5.74. The number of pyridine rings is 1. The van der Waals surface area contributed by atoms with Crippen LogP contribution in [0.25, 0.3) is 0 Å². The molecular weight excluding hydrogens is 160 g/mol. The second-order valence-electron chi connectivity index (χ2n) is 4.15. The number of hydrogen-bond acceptors (Lipinski definition) is 2. The Bertz CT molecular complexity index is 303. The second-order valence-corrected chi connectivity index (χ2v) is 4.15. The van der Waals surface area contributed by atoms with Crippen molar-refractivity contribution in [3.63, 3.8) is 0 Å². The third kappa shape index (κ3) is 1.73. The van der Waals surface area contributed by atoms with Crippen molar-refractivity contribution >= 4 is 0 Å². The first-order chi connectivity index (χ1) is 6.26. The first-order valence-corrected chi connectivity index (χ1v) is 4.86. The highest BCUT2D eigenvalue weighted by Crippen LogP contribution is 2.47. The zero-order valence-corrected chi connectivity index (χ0v) is 8.09. The Balaban J connectivity index is 2.14.